The van der Waals surface area contributed by atoms with Crippen molar-refractivity contribution in [2.75, 3.05) is 32.7 Å². The van der Waals surface area contributed by atoms with E-state index in [4.69, 9.17) is 5.26 Å². The second-order valence-electron chi connectivity index (χ2n) is 6.15. The lowest BCUT2D eigenvalue weighted by Crippen LogP contribution is -2.53. The van der Waals surface area contributed by atoms with Crippen LogP contribution in [0.15, 0.2) is 0 Å². The van der Waals surface area contributed by atoms with Gasteiger partial charge in [0.15, 0.2) is 0 Å². The first-order valence-electron chi connectivity index (χ1n) is 7.59. The Labute approximate surface area is 122 Å². The zero-order valence-corrected chi connectivity index (χ0v) is 13.3. The van der Waals surface area contributed by atoms with Crippen LogP contribution in [-0.2, 0) is 4.79 Å². The Balaban J connectivity index is 2.36. The first-order valence-corrected chi connectivity index (χ1v) is 7.59. The fraction of sp³-hybridized carbons (Fsp3) is 0.867. The molecule has 1 aliphatic heterocycles. The molecule has 0 aromatic rings. The first kappa shape index (κ1) is 16.9. The quantitative estimate of drug-likeness (QED) is 0.794. The van der Waals surface area contributed by atoms with Crippen molar-refractivity contribution in [3.05, 3.63) is 0 Å². The lowest BCUT2D eigenvalue weighted by atomic mass is 10.0. The van der Waals surface area contributed by atoms with Gasteiger partial charge in [-0.2, -0.15) is 5.26 Å². The van der Waals surface area contributed by atoms with E-state index in [1.807, 2.05) is 20.8 Å². The van der Waals surface area contributed by atoms with Crippen LogP contribution >= 0.6 is 0 Å². The molecule has 0 aromatic heterocycles. The first-order chi connectivity index (χ1) is 9.41. The number of nitrogens with one attached hydrogen (secondary N) is 1. The molecule has 114 valence electrons. The number of hydrogen-bond acceptors (Lipinski definition) is 4. The van der Waals surface area contributed by atoms with Crippen molar-refractivity contribution in [3.63, 3.8) is 0 Å². The number of amides is 1. The topological polar surface area (TPSA) is 59.4 Å². The van der Waals surface area contributed by atoms with Crippen molar-refractivity contribution >= 4 is 5.91 Å². The van der Waals surface area contributed by atoms with Crippen molar-refractivity contribution in [2.24, 2.45) is 0 Å². The Morgan fingerprint density at radius 1 is 1.30 bits per heavy atom. The molecule has 1 saturated heterocycles. The largest absolute Gasteiger partial charge is 0.350 e. The molecule has 0 aliphatic carbocycles. The molecule has 0 bridgehead atoms. The summed E-state index contributed by atoms with van der Waals surface area (Å²) >= 11 is 0. The summed E-state index contributed by atoms with van der Waals surface area (Å²) in [5, 5.41) is 12.1. The summed E-state index contributed by atoms with van der Waals surface area (Å²) in [5.41, 5.74) is -0.132. The molecular formula is C15H28N4O. The minimum Gasteiger partial charge on any atom is -0.350 e. The fourth-order valence-corrected chi connectivity index (χ4v) is 2.37. The van der Waals surface area contributed by atoms with E-state index in [9.17, 15) is 4.79 Å². The molecule has 0 spiro atoms. The number of carbonyl (C=O) groups excluding carboxylic acids is 1. The molecule has 1 unspecified atom stereocenters. The van der Waals surface area contributed by atoms with Gasteiger partial charge in [0.2, 0.25) is 5.91 Å². The summed E-state index contributed by atoms with van der Waals surface area (Å²) in [5.74, 6) is 0.0950. The summed E-state index contributed by atoms with van der Waals surface area (Å²) in [6.07, 6.45) is 1.79. The summed E-state index contributed by atoms with van der Waals surface area (Å²) in [6.45, 7) is 12.1. The van der Waals surface area contributed by atoms with E-state index in [0.29, 0.717) is 6.54 Å². The third kappa shape index (κ3) is 5.10. The van der Waals surface area contributed by atoms with E-state index < -0.39 is 0 Å². The number of rotatable bonds is 6. The lowest BCUT2D eigenvalue weighted by Gasteiger charge is -2.36. The number of nitriles is 1. The maximum Gasteiger partial charge on any atom is 0.234 e. The van der Waals surface area contributed by atoms with Crippen LogP contribution in [0, 0.1) is 11.3 Å². The summed E-state index contributed by atoms with van der Waals surface area (Å²) in [4.78, 5) is 16.4. The van der Waals surface area contributed by atoms with Crippen molar-refractivity contribution in [2.45, 2.75) is 52.1 Å². The van der Waals surface area contributed by atoms with E-state index in [1.165, 1.54) is 0 Å². The van der Waals surface area contributed by atoms with Gasteiger partial charge in [0.1, 0.15) is 0 Å². The Bertz CT molecular complexity index is 353. The monoisotopic (exact) mass is 280 g/mol. The summed E-state index contributed by atoms with van der Waals surface area (Å²) in [7, 11) is 0. The molecule has 0 radical (unpaired) electrons. The van der Waals surface area contributed by atoms with Crippen molar-refractivity contribution < 1.29 is 4.79 Å². The van der Waals surface area contributed by atoms with Gasteiger partial charge in [0.05, 0.1) is 18.7 Å². The zero-order chi connectivity index (χ0) is 15.2. The van der Waals surface area contributed by atoms with Gasteiger partial charge in [-0.25, -0.2) is 0 Å². The molecule has 1 N–H and O–H groups in total. The van der Waals surface area contributed by atoms with Crippen LogP contribution in [0.1, 0.15) is 40.5 Å². The van der Waals surface area contributed by atoms with E-state index >= 15 is 0 Å². The zero-order valence-electron chi connectivity index (χ0n) is 13.3. The number of nitrogens with zero attached hydrogens (tertiary/aromatic N) is 3. The highest BCUT2D eigenvalue weighted by atomic mass is 16.2. The Morgan fingerprint density at radius 2 is 1.90 bits per heavy atom. The standard InChI is InChI=1S/C15H28N4O/c1-5-13(11-16)19-9-7-18(8-10-19)12-14(20)17-15(3,4)6-2/h13H,5-10,12H2,1-4H3,(H,17,20). The maximum absolute atomic E-state index is 12.0. The summed E-state index contributed by atoms with van der Waals surface area (Å²) in [6, 6.07) is 2.36. The van der Waals surface area contributed by atoms with Crippen molar-refractivity contribution in [3.8, 4) is 6.07 Å². The average Bonchev–Trinajstić information content (AvgIpc) is 2.41. The lowest BCUT2D eigenvalue weighted by molar-refractivity contribution is -0.124. The van der Waals surface area contributed by atoms with Crippen molar-refractivity contribution in [1.82, 2.24) is 15.1 Å². The summed E-state index contributed by atoms with van der Waals surface area (Å²) < 4.78 is 0. The van der Waals surface area contributed by atoms with Crippen LogP contribution in [0.3, 0.4) is 0 Å². The van der Waals surface area contributed by atoms with E-state index in [2.05, 4.69) is 28.1 Å². The van der Waals surface area contributed by atoms with Gasteiger partial charge in [-0.1, -0.05) is 13.8 Å². The Kier molecular flexibility index (Phi) is 6.44. The Morgan fingerprint density at radius 3 is 2.35 bits per heavy atom. The molecule has 0 aromatic carbocycles. The molecule has 1 rings (SSSR count). The third-order valence-corrected chi connectivity index (χ3v) is 4.11. The molecule has 1 fully saturated rings. The number of hydrogen-bond donors (Lipinski definition) is 1. The fourth-order valence-electron chi connectivity index (χ4n) is 2.37. The highest BCUT2D eigenvalue weighted by Gasteiger charge is 2.25. The van der Waals surface area contributed by atoms with Crippen LogP contribution in [0.5, 0.6) is 0 Å². The highest BCUT2D eigenvalue weighted by Crippen LogP contribution is 2.10. The van der Waals surface area contributed by atoms with Gasteiger partial charge in [-0.15, -0.1) is 0 Å². The second kappa shape index (κ2) is 7.61. The maximum atomic E-state index is 12.0. The number of carbonyl (C=O) groups is 1. The molecule has 5 nitrogen and oxygen atoms in total. The SMILES string of the molecule is CCC(C#N)N1CCN(CC(=O)NC(C)(C)CC)CC1. The molecular weight excluding hydrogens is 252 g/mol. The smallest absolute Gasteiger partial charge is 0.234 e. The second-order valence-corrected chi connectivity index (χ2v) is 6.15. The predicted octanol–water partition coefficient (Wildman–Crippen LogP) is 1.21. The normalized spacial score (nSPS) is 19.4. The van der Waals surface area contributed by atoms with Gasteiger partial charge < -0.3 is 5.32 Å². The van der Waals surface area contributed by atoms with Gasteiger partial charge in [0.25, 0.3) is 0 Å². The van der Waals surface area contributed by atoms with E-state index in [0.717, 1.165) is 39.0 Å². The molecule has 1 heterocycles. The van der Waals surface area contributed by atoms with Crippen LogP contribution in [0.25, 0.3) is 0 Å². The van der Waals surface area contributed by atoms with Gasteiger partial charge in [0, 0.05) is 31.7 Å². The molecule has 0 saturated carbocycles. The highest BCUT2D eigenvalue weighted by molar-refractivity contribution is 5.78. The van der Waals surface area contributed by atoms with Gasteiger partial charge >= 0.3 is 0 Å². The van der Waals surface area contributed by atoms with Crippen LogP contribution in [0.2, 0.25) is 0 Å². The van der Waals surface area contributed by atoms with Gasteiger partial charge in [-0.3, -0.25) is 14.6 Å². The minimum atomic E-state index is -0.132. The Hall–Kier alpha value is -1.12. The van der Waals surface area contributed by atoms with Crippen LogP contribution in [-0.4, -0.2) is 60.0 Å². The third-order valence-electron chi connectivity index (χ3n) is 4.11. The molecule has 20 heavy (non-hydrogen) atoms. The molecule has 5 heteroatoms. The minimum absolute atomic E-state index is 0.0185. The predicted molar refractivity (Wildman–Crippen MR) is 80.2 cm³/mol. The molecule has 1 atom stereocenters. The van der Waals surface area contributed by atoms with Crippen LogP contribution < -0.4 is 5.32 Å². The molecule has 1 amide bonds. The van der Waals surface area contributed by atoms with Crippen LogP contribution in [0.4, 0.5) is 0 Å². The van der Waals surface area contributed by atoms with E-state index in [1.54, 1.807) is 0 Å². The average molecular weight is 280 g/mol. The van der Waals surface area contributed by atoms with E-state index in [-0.39, 0.29) is 17.5 Å². The van der Waals surface area contributed by atoms with Gasteiger partial charge in [-0.05, 0) is 26.7 Å². The molecule has 1 aliphatic rings. The van der Waals surface area contributed by atoms with Crippen molar-refractivity contribution in [1.29, 1.82) is 5.26 Å². The number of piperazine rings is 1.